The van der Waals surface area contributed by atoms with Crippen LogP contribution in [0.4, 0.5) is 5.69 Å². The SMILES string of the molecule is CC(=O)N(CC(=O)Nc1ccc(C(C)C)cc1)Cc1ccc(Cl)cc1. The molecule has 0 aliphatic heterocycles. The van der Waals surface area contributed by atoms with Crippen LogP contribution in [0, 0.1) is 0 Å². The van der Waals surface area contributed by atoms with Gasteiger partial charge < -0.3 is 10.2 Å². The van der Waals surface area contributed by atoms with E-state index in [-0.39, 0.29) is 18.4 Å². The number of carbonyl (C=O) groups is 2. The number of nitrogens with zero attached hydrogens (tertiary/aromatic N) is 1. The van der Waals surface area contributed by atoms with Gasteiger partial charge in [0.25, 0.3) is 0 Å². The van der Waals surface area contributed by atoms with Crippen LogP contribution in [-0.4, -0.2) is 23.3 Å². The number of halogens is 1. The van der Waals surface area contributed by atoms with Crippen molar-refractivity contribution in [2.75, 3.05) is 11.9 Å². The highest BCUT2D eigenvalue weighted by Crippen LogP contribution is 2.17. The van der Waals surface area contributed by atoms with Gasteiger partial charge in [-0.25, -0.2) is 0 Å². The Morgan fingerprint density at radius 3 is 2.16 bits per heavy atom. The van der Waals surface area contributed by atoms with E-state index in [1.807, 2.05) is 36.4 Å². The van der Waals surface area contributed by atoms with Crippen molar-refractivity contribution in [2.45, 2.75) is 33.2 Å². The predicted octanol–water partition coefficient (Wildman–Crippen LogP) is 4.45. The van der Waals surface area contributed by atoms with Crippen molar-refractivity contribution in [3.05, 3.63) is 64.7 Å². The van der Waals surface area contributed by atoms with Crippen molar-refractivity contribution in [1.82, 2.24) is 4.90 Å². The Balaban J connectivity index is 1.97. The van der Waals surface area contributed by atoms with Crippen LogP contribution in [0.25, 0.3) is 0 Å². The molecule has 0 atom stereocenters. The fraction of sp³-hybridized carbons (Fsp3) is 0.300. The van der Waals surface area contributed by atoms with Crippen molar-refractivity contribution in [2.24, 2.45) is 0 Å². The van der Waals surface area contributed by atoms with E-state index in [0.717, 1.165) is 11.3 Å². The van der Waals surface area contributed by atoms with Gasteiger partial charge in [0.15, 0.2) is 0 Å². The van der Waals surface area contributed by atoms with E-state index in [0.29, 0.717) is 17.5 Å². The summed E-state index contributed by atoms with van der Waals surface area (Å²) in [6.45, 7) is 6.07. The van der Waals surface area contributed by atoms with Crippen LogP contribution in [0.2, 0.25) is 5.02 Å². The molecule has 0 aliphatic carbocycles. The second kappa shape index (κ2) is 8.67. The first-order chi connectivity index (χ1) is 11.8. The maximum Gasteiger partial charge on any atom is 0.244 e. The van der Waals surface area contributed by atoms with Crippen LogP contribution in [0.5, 0.6) is 0 Å². The van der Waals surface area contributed by atoms with Crippen LogP contribution in [-0.2, 0) is 16.1 Å². The summed E-state index contributed by atoms with van der Waals surface area (Å²) in [6, 6.07) is 15.0. The van der Waals surface area contributed by atoms with Crippen molar-refractivity contribution in [3.63, 3.8) is 0 Å². The summed E-state index contributed by atoms with van der Waals surface area (Å²) in [4.78, 5) is 25.6. The maximum absolute atomic E-state index is 12.3. The molecule has 2 aromatic rings. The van der Waals surface area contributed by atoms with Gasteiger partial charge in [0.2, 0.25) is 11.8 Å². The summed E-state index contributed by atoms with van der Waals surface area (Å²) in [5, 5.41) is 3.47. The van der Waals surface area contributed by atoms with E-state index in [9.17, 15) is 9.59 Å². The molecular formula is C20H23ClN2O2. The molecule has 0 aliphatic rings. The molecule has 0 aromatic heterocycles. The van der Waals surface area contributed by atoms with Gasteiger partial charge in [0.1, 0.15) is 6.54 Å². The van der Waals surface area contributed by atoms with Gasteiger partial charge in [-0.1, -0.05) is 49.7 Å². The number of nitrogens with one attached hydrogen (secondary N) is 1. The Hall–Kier alpha value is -2.33. The summed E-state index contributed by atoms with van der Waals surface area (Å²) >= 11 is 5.87. The summed E-state index contributed by atoms with van der Waals surface area (Å²) < 4.78 is 0. The minimum absolute atomic E-state index is 0.00386. The fourth-order valence-electron chi connectivity index (χ4n) is 2.41. The van der Waals surface area contributed by atoms with E-state index in [1.165, 1.54) is 17.4 Å². The number of amides is 2. The lowest BCUT2D eigenvalue weighted by atomic mass is 10.0. The van der Waals surface area contributed by atoms with Crippen LogP contribution in [0.1, 0.15) is 37.8 Å². The van der Waals surface area contributed by atoms with E-state index in [2.05, 4.69) is 19.2 Å². The molecule has 0 saturated carbocycles. The standard InChI is InChI=1S/C20H23ClN2O2/c1-14(2)17-6-10-19(11-7-17)22-20(25)13-23(15(3)24)12-16-4-8-18(21)9-5-16/h4-11,14H,12-13H2,1-3H3,(H,22,25). The molecule has 0 heterocycles. The third-order valence-corrected chi connectivity index (χ3v) is 4.18. The molecule has 5 heteroatoms. The molecule has 0 saturated heterocycles. The Morgan fingerprint density at radius 2 is 1.64 bits per heavy atom. The Labute approximate surface area is 153 Å². The minimum atomic E-state index is -0.221. The first kappa shape index (κ1) is 19.0. The fourth-order valence-corrected chi connectivity index (χ4v) is 2.54. The number of hydrogen-bond acceptors (Lipinski definition) is 2. The zero-order valence-corrected chi connectivity index (χ0v) is 15.5. The smallest absolute Gasteiger partial charge is 0.244 e. The molecular weight excluding hydrogens is 336 g/mol. The molecule has 132 valence electrons. The molecule has 0 fully saturated rings. The van der Waals surface area contributed by atoms with E-state index >= 15 is 0 Å². The lowest BCUT2D eigenvalue weighted by molar-refractivity contribution is -0.133. The van der Waals surface area contributed by atoms with Crippen LogP contribution < -0.4 is 5.32 Å². The van der Waals surface area contributed by atoms with Crippen molar-refractivity contribution >= 4 is 29.1 Å². The van der Waals surface area contributed by atoms with Crippen LogP contribution >= 0.6 is 11.6 Å². The molecule has 25 heavy (non-hydrogen) atoms. The second-order valence-electron chi connectivity index (χ2n) is 6.33. The van der Waals surface area contributed by atoms with E-state index < -0.39 is 0 Å². The van der Waals surface area contributed by atoms with Gasteiger partial charge in [0, 0.05) is 24.2 Å². The van der Waals surface area contributed by atoms with Gasteiger partial charge in [-0.2, -0.15) is 0 Å². The molecule has 4 nitrogen and oxygen atoms in total. The number of hydrogen-bond donors (Lipinski definition) is 1. The molecule has 1 N–H and O–H groups in total. The van der Waals surface area contributed by atoms with Crippen molar-refractivity contribution < 1.29 is 9.59 Å². The topological polar surface area (TPSA) is 49.4 Å². The molecule has 2 aromatic carbocycles. The third-order valence-electron chi connectivity index (χ3n) is 3.93. The minimum Gasteiger partial charge on any atom is -0.329 e. The lowest BCUT2D eigenvalue weighted by Gasteiger charge is -2.21. The largest absolute Gasteiger partial charge is 0.329 e. The summed E-state index contributed by atoms with van der Waals surface area (Å²) in [7, 11) is 0. The molecule has 0 unspecified atom stereocenters. The summed E-state index contributed by atoms with van der Waals surface area (Å²) in [5.41, 5.74) is 2.86. The Bertz CT molecular complexity index is 724. The molecule has 0 radical (unpaired) electrons. The molecule has 0 spiro atoms. The lowest BCUT2D eigenvalue weighted by Crippen LogP contribution is -2.36. The van der Waals surface area contributed by atoms with Crippen LogP contribution in [0.15, 0.2) is 48.5 Å². The first-order valence-corrected chi connectivity index (χ1v) is 8.62. The van der Waals surface area contributed by atoms with Crippen molar-refractivity contribution in [3.8, 4) is 0 Å². The van der Waals surface area contributed by atoms with E-state index in [4.69, 9.17) is 11.6 Å². The normalized spacial score (nSPS) is 10.6. The number of rotatable bonds is 6. The number of anilines is 1. The summed E-state index contributed by atoms with van der Waals surface area (Å²) in [6.07, 6.45) is 0. The monoisotopic (exact) mass is 358 g/mol. The Kier molecular flexibility index (Phi) is 6.59. The van der Waals surface area contributed by atoms with Gasteiger partial charge >= 0.3 is 0 Å². The first-order valence-electron chi connectivity index (χ1n) is 8.25. The number of carbonyl (C=O) groups excluding carboxylic acids is 2. The average Bonchev–Trinajstić information content (AvgIpc) is 2.56. The predicted molar refractivity (Wildman–Crippen MR) is 102 cm³/mol. The highest BCUT2D eigenvalue weighted by Gasteiger charge is 2.14. The van der Waals surface area contributed by atoms with Gasteiger partial charge in [-0.15, -0.1) is 0 Å². The Morgan fingerprint density at radius 1 is 1.04 bits per heavy atom. The zero-order chi connectivity index (χ0) is 18.4. The third kappa shape index (κ3) is 5.91. The van der Waals surface area contributed by atoms with E-state index in [1.54, 1.807) is 12.1 Å². The van der Waals surface area contributed by atoms with Crippen molar-refractivity contribution in [1.29, 1.82) is 0 Å². The highest BCUT2D eigenvalue weighted by molar-refractivity contribution is 6.30. The van der Waals surface area contributed by atoms with Crippen LogP contribution in [0.3, 0.4) is 0 Å². The second-order valence-corrected chi connectivity index (χ2v) is 6.76. The molecule has 0 bridgehead atoms. The molecule has 2 amide bonds. The molecule has 2 rings (SSSR count). The van der Waals surface area contributed by atoms with Gasteiger partial charge in [-0.3, -0.25) is 9.59 Å². The van der Waals surface area contributed by atoms with Gasteiger partial charge in [0.05, 0.1) is 0 Å². The van der Waals surface area contributed by atoms with Gasteiger partial charge in [-0.05, 0) is 41.3 Å². The summed E-state index contributed by atoms with van der Waals surface area (Å²) in [5.74, 6) is 0.0686. The zero-order valence-electron chi connectivity index (χ0n) is 14.8. The maximum atomic E-state index is 12.3. The number of benzene rings is 2. The highest BCUT2D eigenvalue weighted by atomic mass is 35.5. The quantitative estimate of drug-likeness (QED) is 0.829. The average molecular weight is 359 g/mol.